The van der Waals surface area contributed by atoms with Gasteiger partial charge in [0.05, 0.1) is 42.8 Å². The minimum atomic E-state index is -0.923. The van der Waals surface area contributed by atoms with Crippen molar-refractivity contribution in [2.45, 2.75) is 12.3 Å². The molecule has 2 fully saturated rings. The van der Waals surface area contributed by atoms with Gasteiger partial charge in [0.25, 0.3) is 6.01 Å². The molecule has 234 valence electrons. The van der Waals surface area contributed by atoms with E-state index in [2.05, 4.69) is 10.3 Å². The number of anilines is 3. The van der Waals surface area contributed by atoms with Gasteiger partial charge in [0.15, 0.2) is 5.58 Å². The number of amides is 2. The van der Waals surface area contributed by atoms with Gasteiger partial charge in [-0.05, 0) is 47.5 Å². The number of aliphatic carboxylic acids is 1. The predicted octanol–water partition coefficient (Wildman–Crippen LogP) is 4.39. The van der Waals surface area contributed by atoms with E-state index in [-0.39, 0.29) is 37.2 Å². The van der Waals surface area contributed by atoms with E-state index < -0.39 is 11.9 Å². The summed E-state index contributed by atoms with van der Waals surface area (Å²) in [5.74, 6) is -2.15. The molecule has 0 radical (unpaired) electrons. The molecule has 3 heterocycles. The normalized spacial score (nSPS) is 18.7. The van der Waals surface area contributed by atoms with Crippen molar-refractivity contribution in [3.63, 3.8) is 0 Å². The molecule has 11 nitrogen and oxygen atoms in total. The Labute approximate surface area is 265 Å². The van der Waals surface area contributed by atoms with Gasteiger partial charge in [-0.3, -0.25) is 19.3 Å². The highest BCUT2D eigenvalue weighted by atomic mass is 35.5. The molecule has 0 spiro atoms. The van der Waals surface area contributed by atoms with Crippen LogP contribution in [0, 0.1) is 5.92 Å². The van der Waals surface area contributed by atoms with Crippen molar-refractivity contribution in [3.05, 3.63) is 82.9 Å². The van der Waals surface area contributed by atoms with Crippen LogP contribution in [0.25, 0.3) is 11.1 Å². The summed E-state index contributed by atoms with van der Waals surface area (Å²) in [6.07, 6.45) is 0.145. The van der Waals surface area contributed by atoms with Crippen molar-refractivity contribution in [2.75, 3.05) is 63.2 Å². The Balaban J connectivity index is 1.09. The Morgan fingerprint density at radius 2 is 1.80 bits per heavy atom. The van der Waals surface area contributed by atoms with Crippen LogP contribution in [0.4, 0.5) is 17.4 Å². The maximum atomic E-state index is 13.2. The molecule has 2 saturated heterocycles. The average Bonchev–Trinajstić information content (AvgIpc) is 3.67. The molecule has 0 aliphatic carbocycles. The number of morpholine rings is 1. The fraction of sp³-hybridized carbons (Fsp3) is 0.333. The summed E-state index contributed by atoms with van der Waals surface area (Å²) in [6.45, 7) is 3.35. The maximum Gasteiger partial charge on any atom is 0.308 e. The van der Waals surface area contributed by atoms with E-state index in [1.807, 2.05) is 59.5 Å². The van der Waals surface area contributed by atoms with Gasteiger partial charge < -0.3 is 29.4 Å². The van der Waals surface area contributed by atoms with Gasteiger partial charge in [-0.25, -0.2) is 0 Å². The van der Waals surface area contributed by atoms with Crippen LogP contribution in [-0.2, 0) is 25.5 Å². The van der Waals surface area contributed by atoms with Crippen molar-refractivity contribution in [1.82, 2.24) is 14.8 Å². The third-order valence-corrected chi connectivity index (χ3v) is 8.79. The number of likely N-dealkylation sites (N-methyl/N-ethyl adjacent to an activating group) is 1. The second-order valence-corrected chi connectivity index (χ2v) is 11.8. The summed E-state index contributed by atoms with van der Waals surface area (Å²) in [6, 6.07) is 20.4. The molecule has 12 heteroatoms. The maximum absolute atomic E-state index is 13.2. The van der Waals surface area contributed by atoms with E-state index in [0.29, 0.717) is 66.4 Å². The Morgan fingerprint density at radius 3 is 2.53 bits per heavy atom. The number of ether oxygens (including phenoxy) is 1. The van der Waals surface area contributed by atoms with Crippen molar-refractivity contribution in [1.29, 1.82) is 0 Å². The van der Waals surface area contributed by atoms with Gasteiger partial charge >= 0.3 is 5.97 Å². The minimum absolute atomic E-state index is 0.0656. The Kier molecular flexibility index (Phi) is 9.02. The van der Waals surface area contributed by atoms with Crippen LogP contribution in [0.3, 0.4) is 0 Å². The average molecular weight is 632 g/mol. The molecule has 4 aromatic rings. The molecule has 2 unspecified atom stereocenters. The zero-order valence-electron chi connectivity index (χ0n) is 24.8. The number of likely N-dealkylation sites (tertiary alicyclic amines) is 1. The number of carboxylic acids is 1. The molecular formula is C33H34ClN5O6. The summed E-state index contributed by atoms with van der Waals surface area (Å²) >= 11 is 6.23. The highest BCUT2D eigenvalue weighted by Gasteiger charge is 2.40. The summed E-state index contributed by atoms with van der Waals surface area (Å²) in [4.78, 5) is 48.0. The lowest BCUT2D eigenvalue weighted by molar-refractivity contribution is -0.142. The monoisotopic (exact) mass is 631 g/mol. The fourth-order valence-corrected chi connectivity index (χ4v) is 6.02. The van der Waals surface area contributed by atoms with Crippen LogP contribution in [0.1, 0.15) is 17.0 Å². The Hall–Kier alpha value is -4.45. The zero-order valence-corrected chi connectivity index (χ0v) is 25.6. The number of hydrogen-bond acceptors (Lipinski definition) is 8. The molecule has 3 aromatic carbocycles. The number of oxazole rings is 1. The van der Waals surface area contributed by atoms with Crippen molar-refractivity contribution >= 4 is 57.9 Å². The van der Waals surface area contributed by atoms with Crippen LogP contribution in [0.15, 0.2) is 71.1 Å². The van der Waals surface area contributed by atoms with Gasteiger partial charge in [-0.15, -0.1) is 0 Å². The number of nitrogens with one attached hydrogen (secondary N) is 1. The number of carboxylic acid groups (broad SMARTS) is 1. The summed E-state index contributed by atoms with van der Waals surface area (Å²) in [5, 5.41) is 13.6. The number of nitrogens with zero attached hydrogens (tertiary/aromatic N) is 4. The van der Waals surface area contributed by atoms with Crippen LogP contribution in [-0.4, -0.2) is 90.7 Å². The Bertz CT molecular complexity index is 1700. The molecule has 1 aromatic heterocycles. The van der Waals surface area contributed by atoms with E-state index in [0.717, 1.165) is 11.1 Å². The van der Waals surface area contributed by atoms with Gasteiger partial charge in [0.1, 0.15) is 5.52 Å². The highest BCUT2D eigenvalue weighted by Crippen LogP contribution is 2.34. The quantitative estimate of drug-likeness (QED) is 0.276. The first-order valence-electron chi connectivity index (χ1n) is 14.8. The van der Waals surface area contributed by atoms with Crippen LogP contribution < -0.4 is 10.2 Å². The molecule has 0 bridgehead atoms. The topological polar surface area (TPSA) is 128 Å². The number of carbonyl (C=O) groups is 3. The summed E-state index contributed by atoms with van der Waals surface area (Å²) in [5.41, 5.74) is 4.15. The molecule has 2 amide bonds. The number of aromatic nitrogens is 1. The van der Waals surface area contributed by atoms with Crippen molar-refractivity contribution in [2.24, 2.45) is 5.92 Å². The Morgan fingerprint density at radius 1 is 1.04 bits per heavy atom. The fourth-order valence-electron chi connectivity index (χ4n) is 5.84. The molecule has 6 rings (SSSR count). The van der Waals surface area contributed by atoms with Crippen LogP contribution in [0.2, 0.25) is 5.02 Å². The van der Waals surface area contributed by atoms with Gasteiger partial charge in [-0.2, -0.15) is 4.98 Å². The molecule has 0 saturated carbocycles. The standard InChI is InChI=1S/C33H34ClN5O6/c1-37(30(40)17-21-6-11-28-29(16-21)45-33(36-28)35-27-5-3-2-4-26(27)34)23-9-7-22(8-10-23)24-18-39(19-25(24)32(42)43)31(41)20-38-12-14-44-15-13-38/h2-11,16,24-25H,12-15,17-20H2,1H3,(H,35,36)(H,42,43). The van der Waals surface area contributed by atoms with Crippen molar-refractivity contribution < 1.29 is 28.6 Å². The molecular weight excluding hydrogens is 598 g/mol. The molecule has 2 N–H and O–H groups in total. The highest BCUT2D eigenvalue weighted by molar-refractivity contribution is 6.33. The van der Waals surface area contributed by atoms with Gasteiger partial charge in [0.2, 0.25) is 11.8 Å². The lowest BCUT2D eigenvalue weighted by Gasteiger charge is -2.28. The summed E-state index contributed by atoms with van der Waals surface area (Å²) < 4.78 is 11.2. The smallest absolute Gasteiger partial charge is 0.308 e. The van der Waals surface area contributed by atoms with Gasteiger partial charge in [0, 0.05) is 44.8 Å². The number of fused-ring (bicyclic) bond motifs is 1. The number of benzene rings is 3. The first-order valence-corrected chi connectivity index (χ1v) is 15.2. The second kappa shape index (κ2) is 13.3. The molecule has 2 atom stereocenters. The molecule has 45 heavy (non-hydrogen) atoms. The largest absolute Gasteiger partial charge is 0.481 e. The SMILES string of the molecule is CN(C(=O)Cc1ccc2nc(Nc3ccccc3Cl)oc2c1)c1ccc(C2CN(C(=O)CN3CCOCC3)CC2C(=O)O)cc1. The van der Waals surface area contributed by atoms with E-state index in [9.17, 15) is 19.5 Å². The number of hydrogen-bond donors (Lipinski definition) is 2. The lowest BCUT2D eigenvalue weighted by Crippen LogP contribution is -2.44. The van der Waals surface area contributed by atoms with E-state index in [1.54, 1.807) is 29.0 Å². The van der Waals surface area contributed by atoms with Gasteiger partial charge in [-0.1, -0.05) is 41.9 Å². The van der Waals surface area contributed by atoms with Crippen LogP contribution >= 0.6 is 11.6 Å². The van der Waals surface area contributed by atoms with E-state index >= 15 is 0 Å². The first kappa shape index (κ1) is 30.6. The number of para-hydroxylation sites is 1. The first-order chi connectivity index (χ1) is 21.7. The summed E-state index contributed by atoms with van der Waals surface area (Å²) in [7, 11) is 1.71. The second-order valence-electron chi connectivity index (χ2n) is 11.4. The third kappa shape index (κ3) is 6.95. The number of carbonyl (C=O) groups excluding carboxylic acids is 2. The minimum Gasteiger partial charge on any atom is -0.481 e. The number of rotatable bonds is 9. The molecule has 2 aliphatic heterocycles. The third-order valence-electron chi connectivity index (χ3n) is 8.46. The number of halogens is 1. The van der Waals surface area contributed by atoms with E-state index in [4.69, 9.17) is 20.8 Å². The van der Waals surface area contributed by atoms with Crippen molar-refractivity contribution in [3.8, 4) is 0 Å². The van der Waals surface area contributed by atoms with E-state index in [1.165, 1.54) is 0 Å². The molecule has 2 aliphatic rings. The zero-order chi connectivity index (χ0) is 31.5. The predicted molar refractivity (Wildman–Crippen MR) is 170 cm³/mol. The lowest BCUT2D eigenvalue weighted by atomic mass is 9.89. The van der Waals surface area contributed by atoms with Crippen LogP contribution in [0.5, 0.6) is 0 Å².